The molecule has 166 valence electrons. The van der Waals surface area contributed by atoms with Gasteiger partial charge >= 0.3 is 11.9 Å². The molecule has 1 aromatic carbocycles. The van der Waals surface area contributed by atoms with E-state index in [2.05, 4.69) is 20.6 Å². The van der Waals surface area contributed by atoms with Crippen LogP contribution in [-0.4, -0.2) is 33.7 Å². The van der Waals surface area contributed by atoms with Crippen molar-refractivity contribution in [1.82, 2.24) is 9.97 Å². The van der Waals surface area contributed by atoms with Crippen LogP contribution in [0.15, 0.2) is 35.0 Å². The number of carbonyl (C=O) groups excluding carboxylic acids is 4. The Hall–Kier alpha value is -3.64. The first kappa shape index (κ1) is 23.0. The van der Waals surface area contributed by atoms with E-state index in [1.165, 1.54) is 24.6 Å². The minimum Gasteiger partial charge on any atom is -0.456 e. The zero-order valence-corrected chi connectivity index (χ0v) is 18.7. The summed E-state index contributed by atoms with van der Waals surface area (Å²) in [6.07, 6.45) is 0. The Morgan fingerprint density at radius 2 is 1.25 bits per heavy atom. The van der Waals surface area contributed by atoms with Crippen LogP contribution in [0.25, 0.3) is 0 Å². The third-order valence-electron chi connectivity index (χ3n) is 3.72. The molecule has 12 heteroatoms. The maximum atomic E-state index is 12.2. The third kappa shape index (κ3) is 6.68. The summed E-state index contributed by atoms with van der Waals surface area (Å²) < 4.78 is 10.5. The standard InChI is InChI=1S/C20H18N4O6S2/c1-11(25)21-19-23-15(9-31-19)17(27)29-7-13-4-3-5-14(6-13)8-30-18(28)16-10-32-20(24-16)22-12(2)26/h3-6,9-10H,7-8H2,1-2H3,(H,21,23,25)(H,22,24,26). The van der Waals surface area contributed by atoms with E-state index in [0.717, 1.165) is 22.7 Å². The SMILES string of the molecule is CC(=O)Nc1nc(C(=O)OCc2cccc(COC(=O)c3csc(NC(C)=O)n3)c2)cs1. The number of rotatable bonds is 8. The highest BCUT2D eigenvalue weighted by Crippen LogP contribution is 2.18. The van der Waals surface area contributed by atoms with Crippen molar-refractivity contribution >= 4 is 56.7 Å². The smallest absolute Gasteiger partial charge is 0.358 e. The average molecular weight is 475 g/mol. The van der Waals surface area contributed by atoms with Gasteiger partial charge in [0, 0.05) is 24.6 Å². The molecular formula is C20H18N4O6S2. The van der Waals surface area contributed by atoms with Crippen molar-refractivity contribution in [2.75, 3.05) is 10.6 Å². The lowest BCUT2D eigenvalue weighted by molar-refractivity contribution is -0.115. The Labute approximate surface area is 190 Å². The molecule has 32 heavy (non-hydrogen) atoms. The molecule has 2 N–H and O–H groups in total. The summed E-state index contributed by atoms with van der Waals surface area (Å²) in [5.41, 5.74) is 1.60. The predicted octanol–water partition coefficient (Wildman–Crippen LogP) is 3.23. The van der Waals surface area contributed by atoms with E-state index in [1.807, 2.05) is 0 Å². The molecule has 2 aromatic heterocycles. The van der Waals surface area contributed by atoms with Crippen molar-refractivity contribution in [3.63, 3.8) is 0 Å². The fraction of sp³-hybridized carbons (Fsp3) is 0.200. The number of aromatic nitrogens is 2. The lowest BCUT2D eigenvalue weighted by Crippen LogP contribution is -2.09. The number of ether oxygens (including phenoxy) is 2. The fourth-order valence-electron chi connectivity index (χ4n) is 2.41. The summed E-state index contributed by atoms with van der Waals surface area (Å²) in [6.45, 7) is 2.70. The van der Waals surface area contributed by atoms with Crippen LogP contribution in [0.3, 0.4) is 0 Å². The van der Waals surface area contributed by atoms with Crippen molar-refractivity contribution in [2.45, 2.75) is 27.1 Å². The van der Waals surface area contributed by atoms with Gasteiger partial charge in [-0.3, -0.25) is 9.59 Å². The zero-order chi connectivity index (χ0) is 23.1. The molecule has 0 aliphatic heterocycles. The van der Waals surface area contributed by atoms with Gasteiger partial charge in [-0.15, -0.1) is 22.7 Å². The molecule has 0 fully saturated rings. The highest BCUT2D eigenvalue weighted by molar-refractivity contribution is 7.14. The Morgan fingerprint density at radius 3 is 1.66 bits per heavy atom. The van der Waals surface area contributed by atoms with Gasteiger partial charge in [-0.25, -0.2) is 19.6 Å². The van der Waals surface area contributed by atoms with Gasteiger partial charge < -0.3 is 20.1 Å². The number of esters is 2. The molecular weight excluding hydrogens is 456 g/mol. The number of amides is 2. The van der Waals surface area contributed by atoms with Crippen molar-refractivity contribution in [3.8, 4) is 0 Å². The molecule has 0 saturated heterocycles. The number of nitrogens with zero attached hydrogens (tertiary/aromatic N) is 2. The van der Waals surface area contributed by atoms with Crippen LogP contribution in [0.2, 0.25) is 0 Å². The van der Waals surface area contributed by atoms with Crippen LogP contribution in [0, 0.1) is 0 Å². The summed E-state index contributed by atoms with van der Waals surface area (Å²) in [4.78, 5) is 54.4. The van der Waals surface area contributed by atoms with E-state index in [1.54, 1.807) is 24.3 Å². The lowest BCUT2D eigenvalue weighted by atomic mass is 10.1. The van der Waals surface area contributed by atoms with Crippen molar-refractivity contribution < 1.29 is 28.7 Å². The molecule has 0 spiro atoms. The number of hydrogen-bond donors (Lipinski definition) is 2. The van der Waals surface area contributed by atoms with Gasteiger partial charge in [0.25, 0.3) is 0 Å². The highest BCUT2D eigenvalue weighted by atomic mass is 32.1. The number of thiazole rings is 2. The number of benzene rings is 1. The van der Waals surface area contributed by atoms with Gasteiger partial charge in [-0.05, 0) is 17.2 Å². The fourth-order valence-corrected chi connectivity index (χ4v) is 3.86. The molecule has 2 heterocycles. The molecule has 0 saturated carbocycles. The largest absolute Gasteiger partial charge is 0.456 e. The van der Waals surface area contributed by atoms with E-state index in [0.29, 0.717) is 21.4 Å². The van der Waals surface area contributed by atoms with Gasteiger partial charge in [0.2, 0.25) is 11.8 Å². The van der Waals surface area contributed by atoms with Crippen LogP contribution in [0.5, 0.6) is 0 Å². The van der Waals surface area contributed by atoms with Crippen LogP contribution >= 0.6 is 22.7 Å². The predicted molar refractivity (Wildman–Crippen MR) is 118 cm³/mol. The first-order chi connectivity index (χ1) is 15.3. The minimum absolute atomic E-state index is 0.000220. The number of carbonyl (C=O) groups is 4. The third-order valence-corrected chi connectivity index (χ3v) is 5.24. The van der Waals surface area contributed by atoms with Gasteiger partial charge in [0.05, 0.1) is 0 Å². The number of hydrogen-bond acceptors (Lipinski definition) is 10. The second-order valence-electron chi connectivity index (χ2n) is 6.41. The first-order valence-corrected chi connectivity index (χ1v) is 10.9. The molecule has 0 aliphatic carbocycles. The zero-order valence-electron chi connectivity index (χ0n) is 17.0. The van der Waals surface area contributed by atoms with E-state index >= 15 is 0 Å². The molecule has 0 bridgehead atoms. The van der Waals surface area contributed by atoms with Crippen molar-refractivity contribution in [2.24, 2.45) is 0 Å². The van der Waals surface area contributed by atoms with Crippen LogP contribution in [0.1, 0.15) is 46.0 Å². The number of anilines is 2. The first-order valence-electron chi connectivity index (χ1n) is 9.18. The Bertz CT molecular complexity index is 1070. The van der Waals surface area contributed by atoms with Crippen LogP contribution < -0.4 is 10.6 Å². The van der Waals surface area contributed by atoms with Crippen molar-refractivity contribution in [1.29, 1.82) is 0 Å². The molecule has 0 radical (unpaired) electrons. The highest BCUT2D eigenvalue weighted by Gasteiger charge is 2.15. The molecule has 0 aliphatic rings. The van der Waals surface area contributed by atoms with E-state index in [4.69, 9.17) is 9.47 Å². The van der Waals surface area contributed by atoms with E-state index < -0.39 is 11.9 Å². The number of nitrogens with one attached hydrogen (secondary N) is 2. The second kappa shape index (κ2) is 10.6. The Balaban J connectivity index is 1.51. The summed E-state index contributed by atoms with van der Waals surface area (Å²) in [6, 6.07) is 7.03. The molecule has 3 rings (SSSR count). The summed E-state index contributed by atoms with van der Waals surface area (Å²) in [7, 11) is 0. The van der Waals surface area contributed by atoms with E-state index in [9.17, 15) is 19.2 Å². The quantitative estimate of drug-likeness (QED) is 0.475. The topological polar surface area (TPSA) is 137 Å². The summed E-state index contributed by atoms with van der Waals surface area (Å²) in [5, 5.41) is 8.64. The maximum absolute atomic E-state index is 12.2. The molecule has 0 atom stereocenters. The Morgan fingerprint density at radius 1 is 0.812 bits per heavy atom. The van der Waals surface area contributed by atoms with E-state index in [-0.39, 0.29) is 36.4 Å². The monoisotopic (exact) mass is 474 g/mol. The molecule has 3 aromatic rings. The second-order valence-corrected chi connectivity index (χ2v) is 8.13. The van der Waals surface area contributed by atoms with Crippen LogP contribution in [0.4, 0.5) is 10.3 Å². The summed E-state index contributed by atoms with van der Waals surface area (Å²) >= 11 is 2.25. The average Bonchev–Trinajstić information content (AvgIpc) is 3.39. The molecule has 2 amide bonds. The van der Waals surface area contributed by atoms with Gasteiger partial charge in [0.1, 0.15) is 13.2 Å². The normalized spacial score (nSPS) is 10.3. The Kier molecular flexibility index (Phi) is 7.63. The van der Waals surface area contributed by atoms with Gasteiger partial charge in [-0.1, -0.05) is 18.2 Å². The molecule has 0 unspecified atom stereocenters. The van der Waals surface area contributed by atoms with Gasteiger partial charge in [0.15, 0.2) is 21.7 Å². The maximum Gasteiger partial charge on any atom is 0.358 e. The van der Waals surface area contributed by atoms with Crippen molar-refractivity contribution in [3.05, 3.63) is 57.5 Å². The minimum atomic E-state index is -0.617. The molecule has 10 nitrogen and oxygen atoms in total. The summed E-state index contributed by atoms with van der Waals surface area (Å²) in [5.74, 6) is -1.79. The lowest BCUT2D eigenvalue weighted by Gasteiger charge is -2.07. The van der Waals surface area contributed by atoms with Crippen LogP contribution in [-0.2, 0) is 32.3 Å². The van der Waals surface area contributed by atoms with Gasteiger partial charge in [-0.2, -0.15) is 0 Å².